The second kappa shape index (κ2) is 12.8. The number of rotatable bonds is 10. The zero-order valence-electron chi connectivity index (χ0n) is 22.2. The van der Waals surface area contributed by atoms with Gasteiger partial charge in [0.05, 0.1) is 10.6 Å². The third kappa shape index (κ3) is 7.28. The molecule has 4 rings (SSSR count). The van der Waals surface area contributed by atoms with Crippen molar-refractivity contribution >= 4 is 43.5 Å². The van der Waals surface area contributed by atoms with E-state index in [9.17, 15) is 18.0 Å². The van der Waals surface area contributed by atoms with Crippen molar-refractivity contribution in [1.29, 1.82) is 0 Å². The first-order valence-corrected chi connectivity index (χ1v) is 15.4. The number of sulfonamides is 1. The summed E-state index contributed by atoms with van der Waals surface area (Å²) in [6.45, 7) is 3.29. The van der Waals surface area contributed by atoms with Crippen molar-refractivity contribution < 1.29 is 18.0 Å². The molecule has 206 valence electrons. The number of benzene rings is 3. The summed E-state index contributed by atoms with van der Waals surface area (Å²) in [5.74, 6) is -0.707. The van der Waals surface area contributed by atoms with Gasteiger partial charge >= 0.3 is 0 Å². The molecule has 39 heavy (non-hydrogen) atoms. The van der Waals surface area contributed by atoms with Crippen LogP contribution in [0.4, 0.5) is 5.69 Å². The normalized spacial score (nSPS) is 14.5. The van der Waals surface area contributed by atoms with Crippen LogP contribution in [-0.2, 0) is 26.2 Å². The molecule has 1 aliphatic rings. The van der Waals surface area contributed by atoms with Gasteiger partial charge in [-0.25, -0.2) is 8.42 Å². The van der Waals surface area contributed by atoms with Crippen LogP contribution in [0, 0.1) is 6.92 Å². The molecule has 7 nitrogen and oxygen atoms in total. The average molecular weight is 613 g/mol. The molecular weight excluding hydrogens is 578 g/mol. The van der Waals surface area contributed by atoms with E-state index in [1.54, 1.807) is 61.5 Å². The molecule has 3 aromatic carbocycles. The summed E-state index contributed by atoms with van der Waals surface area (Å²) in [6, 6.07) is 21.9. The van der Waals surface area contributed by atoms with E-state index in [2.05, 4.69) is 21.2 Å². The quantitative estimate of drug-likeness (QED) is 0.331. The molecule has 0 spiro atoms. The zero-order valence-corrected chi connectivity index (χ0v) is 24.6. The number of halogens is 1. The highest BCUT2D eigenvalue weighted by atomic mass is 79.9. The van der Waals surface area contributed by atoms with Gasteiger partial charge in [-0.2, -0.15) is 0 Å². The van der Waals surface area contributed by atoms with Gasteiger partial charge in [0, 0.05) is 17.1 Å². The van der Waals surface area contributed by atoms with Crippen LogP contribution in [0.3, 0.4) is 0 Å². The lowest BCUT2D eigenvalue weighted by Crippen LogP contribution is -2.52. The minimum Gasteiger partial charge on any atom is -0.352 e. The number of nitrogens with zero attached hydrogens (tertiary/aromatic N) is 2. The Balaban J connectivity index is 1.66. The molecule has 0 aromatic heterocycles. The summed E-state index contributed by atoms with van der Waals surface area (Å²) in [5.41, 5.74) is 2.13. The van der Waals surface area contributed by atoms with Crippen LogP contribution in [0.25, 0.3) is 0 Å². The van der Waals surface area contributed by atoms with E-state index in [-0.39, 0.29) is 23.4 Å². The molecule has 9 heteroatoms. The van der Waals surface area contributed by atoms with Gasteiger partial charge in [0.25, 0.3) is 10.0 Å². The fourth-order valence-corrected chi connectivity index (χ4v) is 6.63. The van der Waals surface area contributed by atoms with Gasteiger partial charge in [-0.3, -0.25) is 13.9 Å². The van der Waals surface area contributed by atoms with Crippen molar-refractivity contribution in [2.24, 2.45) is 0 Å². The maximum absolute atomic E-state index is 14.0. The van der Waals surface area contributed by atoms with Crippen LogP contribution in [0.2, 0.25) is 0 Å². The van der Waals surface area contributed by atoms with E-state index in [1.807, 2.05) is 31.2 Å². The number of amides is 2. The largest absolute Gasteiger partial charge is 0.352 e. The van der Waals surface area contributed by atoms with Gasteiger partial charge in [0.2, 0.25) is 11.8 Å². The summed E-state index contributed by atoms with van der Waals surface area (Å²) in [7, 11) is -4.07. The minimum absolute atomic E-state index is 0.0929. The highest BCUT2D eigenvalue weighted by Gasteiger charge is 2.33. The molecule has 3 aromatic rings. The predicted molar refractivity (Wildman–Crippen MR) is 157 cm³/mol. The predicted octanol–water partition coefficient (Wildman–Crippen LogP) is 5.43. The number of carbonyl (C=O) groups excluding carboxylic acids is 2. The van der Waals surface area contributed by atoms with Crippen LogP contribution in [0.1, 0.15) is 43.7 Å². The molecule has 1 saturated carbocycles. The number of hydrogen-bond acceptors (Lipinski definition) is 4. The lowest BCUT2D eigenvalue weighted by atomic mass is 10.1. The topological polar surface area (TPSA) is 86.8 Å². The van der Waals surface area contributed by atoms with Gasteiger partial charge in [0.15, 0.2) is 0 Å². The van der Waals surface area contributed by atoms with E-state index >= 15 is 0 Å². The lowest BCUT2D eigenvalue weighted by Gasteiger charge is -2.32. The zero-order chi connectivity index (χ0) is 28.0. The number of aryl methyl sites for hydroxylation is 1. The van der Waals surface area contributed by atoms with E-state index in [1.165, 1.54) is 4.90 Å². The van der Waals surface area contributed by atoms with E-state index in [0.29, 0.717) is 5.69 Å². The van der Waals surface area contributed by atoms with E-state index < -0.39 is 28.5 Å². The molecular formula is C30H34BrN3O4S. The van der Waals surface area contributed by atoms with Crippen molar-refractivity contribution in [2.45, 2.75) is 63.1 Å². The maximum Gasteiger partial charge on any atom is 0.264 e. The summed E-state index contributed by atoms with van der Waals surface area (Å²) < 4.78 is 29.6. The molecule has 1 N–H and O–H groups in total. The molecule has 0 saturated heterocycles. The number of carbonyl (C=O) groups is 2. The van der Waals surface area contributed by atoms with Crippen molar-refractivity contribution in [2.75, 3.05) is 10.8 Å². The molecule has 0 aliphatic heterocycles. The standard InChI is InChI=1S/C30H34BrN3O4S/c1-22-15-17-28(18-16-22)39(37,38)34(27-13-4-3-5-14-27)21-29(35)33(20-24-9-8-10-25(31)19-24)23(2)30(36)32-26-11-6-7-12-26/h3-5,8-10,13-19,23,26H,6-7,11-12,20-21H2,1-2H3,(H,32,36)/t23-/m1/s1. The number of para-hydroxylation sites is 1. The van der Waals surface area contributed by atoms with E-state index in [0.717, 1.165) is 45.6 Å². The van der Waals surface area contributed by atoms with Gasteiger partial charge in [-0.1, -0.05) is 76.8 Å². The molecule has 2 amide bonds. The Kier molecular flexibility index (Phi) is 9.45. The summed E-state index contributed by atoms with van der Waals surface area (Å²) in [5, 5.41) is 3.08. The fourth-order valence-electron chi connectivity index (χ4n) is 4.77. The van der Waals surface area contributed by atoms with Gasteiger partial charge in [0.1, 0.15) is 12.6 Å². The van der Waals surface area contributed by atoms with Crippen LogP contribution < -0.4 is 9.62 Å². The van der Waals surface area contributed by atoms with Gasteiger partial charge in [-0.15, -0.1) is 0 Å². The van der Waals surface area contributed by atoms with E-state index in [4.69, 9.17) is 0 Å². The first kappa shape index (κ1) is 28.8. The van der Waals surface area contributed by atoms with Crippen molar-refractivity contribution in [1.82, 2.24) is 10.2 Å². The van der Waals surface area contributed by atoms with Crippen LogP contribution in [0.15, 0.2) is 88.2 Å². The third-order valence-electron chi connectivity index (χ3n) is 7.04. The van der Waals surface area contributed by atoms with Crippen LogP contribution >= 0.6 is 15.9 Å². The second-order valence-electron chi connectivity index (χ2n) is 9.98. The van der Waals surface area contributed by atoms with Crippen LogP contribution in [0.5, 0.6) is 0 Å². The Morgan fingerprint density at radius 1 is 0.974 bits per heavy atom. The summed E-state index contributed by atoms with van der Waals surface area (Å²) in [4.78, 5) is 28.8. The van der Waals surface area contributed by atoms with Crippen molar-refractivity contribution in [3.63, 3.8) is 0 Å². The Morgan fingerprint density at radius 2 is 1.64 bits per heavy atom. The van der Waals surface area contributed by atoms with Crippen molar-refractivity contribution in [3.05, 3.63) is 94.5 Å². The molecule has 0 bridgehead atoms. The molecule has 1 fully saturated rings. The fraction of sp³-hybridized carbons (Fsp3) is 0.333. The molecule has 0 radical (unpaired) electrons. The molecule has 0 heterocycles. The summed E-state index contributed by atoms with van der Waals surface area (Å²) >= 11 is 3.47. The lowest BCUT2D eigenvalue weighted by molar-refractivity contribution is -0.139. The highest BCUT2D eigenvalue weighted by molar-refractivity contribution is 9.10. The van der Waals surface area contributed by atoms with Gasteiger partial charge < -0.3 is 10.2 Å². The monoisotopic (exact) mass is 611 g/mol. The third-order valence-corrected chi connectivity index (χ3v) is 9.32. The molecule has 1 aliphatic carbocycles. The smallest absolute Gasteiger partial charge is 0.264 e. The number of nitrogens with one attached hydrogen (secondary N) is 1. The second-order valence-corrected chi connectivity index (χ2v) is 12.8. The average Bonchev–Trinajstić information content (AvgIpc) is 3.43. The Morgan fingerprint density at radius 3 is 2.28 bits per heavy atom. The Hall–Kier alpha value is -3.17. The number of anilines is 1. The Labute approximate surface area is 239 Å². The van der Waals surface area contributed by atoms with Gasteiger partial charge in [-0.05, 0) is 68.7 Å². The minimum atomic E-state index is -4.07. The highest BCUT2D eigenvalue weighted by Crippen LogP contribution is 2.25. The molecule has 0 unspecified atom stereocenters. The summed E-state index contributed by atoms with van der Waals surface area (Å²) in [6.07, 6.45) is 4.00. The first-order chi connectivity index (χ1) is 18.6. The first-order valence-electron chi connectivity index (χ1n) is 13.1. The van der Waals surface area contributed by atoms with Crippen LogP contribution in [-0.4, -0.2) is 43.8 Å². The SMILES string of the molecule is Cc1ccc(S(=O)(=O)N(CC(=O)N(Cc2cccc(Br)c2)[C@H](C)C(=O)NC2CCCC2)c2ccccc2)cc1. The number of hydrogen-bond donors (Lipinski definition) is 1. The molecule has 1 atom stereocenters. The maximum atomic E-state index is 14.0. The Bertz CT molecular complexity index is 1390. The van der Waals surface area contributed by atoms with Crippen molar-refractivity contribution in [3.8, 4) is 0 Å².